The Morgan fingerprint density at radius 3 is 2.31 bits per heavy atom. The summed E-state index contributed by atoms with van der Waals surface area (Å²) in [5.74, 6) is 0.0785. The molecular formula is C18H24N4O3S. The van der Waals surface area contributed by atoms with Gasteiger partial charge in [-0.1, -0.05) is 24.6 Å². The molecular weight excluding hydrogens is 352 g/mol. The Balaban J connectivity index is 2.08. The fraction of sp³-hybridized carbons (Fsp3) is 0.389. The van der Waals surface area contributed by atoms with Crippen LogP contribution in [0, 0.1) is 6.92 Å². The lowest BCUT2D eigenvalue weighted by Gasteiger charge is -2.16. The average Bonchev–Trinajstić information content (AvgIpc) is 2.62. The summed E-state index contributed by atoms with van der Waals surface area (Å²) in [6.45, 7) is 5.81. The predicted molar refractivity (Wildman–Crippen MR) is 99.1 cm³/mol. The maximum absolute atomic E-state index is 12.6. The van der Waals surface area contributed by atoms with Gasteiger partial charge in [0.05, 0.1) is 17.0 Å². The molecule has 0 bridgehead atoms. The first-order chi connectivity index (χ1) is 12.2. The lowest BCUT2D eigenvalue weighted by molar-refractivity contribution is 0.0938. The van der Waals surface area contributed by atoms with E-state index in [0.29, 0.717) is 11.4 Å². The first-order valence-electron chi connectivity index (χ1n) is 8.38. The van der Waals surface area contributed by atoms with Gasteiger partial charge in [-0.25, -0.2) is 18.4 Å². The van der Waals surface area contributed by atoms with Crippen molar-refractivity contribution in [1.82, 2.24) is 19.6 Å². The van der Waals surface area contributed by atoms with Crippen molar-refractivity contribution in [2.45, 2.75) is 44.7 Å². The number of aromatic nitrogens is 2. The highest BCUT2D eigenvalue weighted by Crippen LogP contribution is 2.16. The fourth-order valence-electron chi connectivity index (χ4n) is 2.14. The molecule has 1 heterocycles. The zero-order valence-corrected chi connectivity index (χ0v) is 16.2. The van der Waals surface area contributed by atoms with Crippen LogP contribution in [0.15, 0.2) is 41.6 Å². The topological polar surface area (TPSA) is 92.3 Å². The second kappa shape index (κ2) is 8.37. The predicted octanol–water partition coefficient (Wildman–Crippen LogP) is 2.13. The summed E-state index contributed by atoms with van der Waals surface area (Å²) in [5, 5.41) is 2.83. The van der Waals surface area contributed by atoms with E-state index in [1.807, 2.05) is 20.8 Å². The number of aryl methyl sites for hydroxylation is 1. The fourth-order valence-corrected chi connectivity index (χ4v) is 3.26. The molecule has 0 aliphatic carbocycles. The first-order valence-corrected chi connectivity index (χ1v) is 9.82. The van der Waals surface area contributed by atoms with Gasteiger partial charge < -0.3 is 5.32 Å². The van der Waals surface area contributed by atoms with Crippen LogP contribution in [0.5, 0.6) is 0 Å². The quantitative estimate of drug-likeness (QED) is 0.799. The summed E-state index contributed by atoms with van der Waals surface area (Å²) in [7, 11) is -2.15. The Morgan fingerprint density at radius 2 is 1.77 bits per heavy atom. The van der Waals surface area contributed by atoms with Crippen molar-refractivity contribution in [3.8, 4) is 0 Å². The SMILES string of the molecule is CC[C@H](C)NC(=O)c1cnc(CN(C)S(=O)(=O)c2ccc(C)cc2)nc1. The van der Waals surface area contributed by atoms with Crippen LogP contribution in [0.3, 0.4) is 0 Å². The van der Waals surface area contributed by atoms with Crippen molar-refractivity contribution in [2.24, 2.45) is 0 Å². The molecule has 0 spiro atoms. The molecule has 8 heteroatoms. The van der Waals surface area contributed by atoms with Gasteiger partial charge in [0.2, 0.25) is 10.0 Å². The van der Waals surface area contributed by atoms with Crippen molar-refractivity contribution >= 4 is 15.9 Å². The van der Waals surface area contributed by atoms with E-state index in [1.165, 1.54) is 23.7 Å². The Labute approximate surface area is 154 Å². The van der Waals surface area contributed by atoms with Crippen molar-refractivity contribution in [1.29, 1.82) is 0 Å². The standard InChI is InChI=1S/C18H24N4O3S/c1-5-14(3)21-18(23)15-10-19-17(20-11-15)12-22(4)26(24,25)16-8-6-13(2)7-9-16/h6-11,14H,5,12H2,1-4H3,(H,21,23)/t14-/m0/s1. The van der Waals surface area contributed by atoms with Crippen molar-refractivity contribution in [3.05, 3.63) is 53.6 Å². The molecule has 0 fully saturated rings. The summed E-state index contributed by atoms with van der Waals surface area (Å²) >= 11 is 0. The third kappa shape index (κ3) is 4.86. The molecule has 2 rings (SSSR count). The largest absolute Gasteiger partial charge is 0.350 e. The van der Waals surface area contributed by atoms with Crippen LogP contribution in [0.1, 0.15) is 42.0 Å². The van der Waals surface area contributed by atoms with Gasteiger partial charge in [0, 0.05) is 25.5 Å². The molecule has 0 aliphatic rings. The number of carbonyl (C=O) groups is 1. The molecule has 0 saturated heterocycles. The van der Waals surface area contributed by atoms with Gasteiger partial charge in [-0.3, -0.25) is 4.79 Å². The van der Waals surface area contributed by atoms with Gasteiger partial charge in [0.1, 0.15) is 5.82 Å². The zero-order valence-electron chi connectivity index (χ0n) is 15.4. The lowest BCUT2D eigenvalue weighted by atomic mass is 10.2. The third-order valence-electron chi connectivity index (χ3n) is 4.05. The van der Waals surface area contributed by atoms with E-state index in [-0.39, 0.29) is 23.4 Å². The monoisotopic (exact) mass is 376 g/mol. The molecule has 1 N–H and O–H groups in total. The molecule has 26 heavy (non-hydrogen) atoms. The summed E-state index contributed by atoms with van der Waals surface area (Å²) in [6, 6.07) is 6.71. The summed E-state index contributed by atoms with van der Waals surface area (Å²) in [6.07, 6.45) is 3.64. The molecule has 0 radical (unpaired) electrons. The van der Waals surface area contributed by atoms with Crippen molar-refractivity contribution in [3.63, 3.8) is 0 Å². The van der Waals surface area contributed by atoms with Gasteiger partial charge in [0.15, 0.2) is 0 Å². The molecule has 1 aromatic carbocycles. The minimum atomic E-state index is -3.63. The highest BCUT2D eigenvalue weighted by atomic mass is 32.2. The molecule has 0 saturated carbocycles. The van der Waals surface area contributed by atoms with Crippen LogP contribution in [-0.4, -0.2) is 41.7 Å². The number of amides is 1. The van der Waals surface area contributed by atoms with E-state index in [4.69, 9.17) is 0 Å². The number of hydrogen-bond donors (Lipinski definition) is 1. The zero-order chi connectivity index (χ0) is 19.3. The number of benzene rings is 1. The second-order valence-electron chi connectivity index (χ2n) is 6.24. The lowest BCUT2D eigenvalue weighted by Crippen LogP contribution is -2.32. The number of rotatable bonds is 7. The van der Waals surface area contributed by atoms with Crippen LogP contribution in [-0.2, 0) is 16.6 Å². The Morgan fingerprint density at radius 1 is 1.19 bits per heavy atom. The van der Waals surface area contributed by atoms with Crippen LogP contribution in [0.25, 0.3) is 0 Å². The second-order valence-corrected chi connectivity index (χ2v) is 8.29. The number of sulfonamides is 1. The van der Waals surface area contributed by atoms with E-state index >= 15 is 0 Å². The van der Waals surface area contributed by atoms with E-state index in [9.17, 15) is 13.2 Å². The van der Waals surface area contributed by atoms with Crippen molar-refractivity contribution in [2.75, 3.05) is 7.05 Å². The Bertz CT molecular complexity index is 849. The van der Waals surface area contributed by atoms with Crippen LogP contribution in [0.4, 0.5) is 0 Å². The minimum Gasteiger partial charge on any atom is -0.350 e. The minimum absolute atomic E-state index is 0.0173. The maximum atomic E-state index is 12.6. The normalized spacial score (nSPS) is 12.8. The number of carbonyl (C=O) groups excluding carboxylic acids is 1. The third-order valence-corrected chi connectivity index (χ3v) is 5.87. The van der Waals surface area contributed by atoms with Gasteiger partial charge in [-0.05, 0) is 32.4 Å². The first kappa shape index (κ1) is 20.0. The van der Waals surface area contributed by atoms with Gasteiger partial charge in [-0.2, -0.15) is 4.31 Å². The summed E-state index contributed by atoms with van der Waals surface area (Å²) < 4.78 is 26.4. The summed E-state index contributed by atoms with van der Waals surface area (Å²) in [5.41, 5.74) is 1.33. The molecule has 1 atom stereocenters. The highest BCUT2D eigenvalue weighted by molar-refractivity contribution is 7.89. The Hall–Kier alpha value is -2.32. The van der Waals surface area contributed by atoms with Gasteiger partial charge in [0.25, 0.3) is 5.91 Å². The molecule has 1 amide bonds. The molecule has 7 nitrogen and oxygen atoms in total. The molecule has 0 unspecified atom stereocenters. The Kier molecular flexibility index (Phi) is 6.44. The number of hydrogen-bond acceptors (Lipinski definition) is 5. The van der Waals surface area contributed by atoms with Gasteiger partial charge in [-0.15, -0.1) is 0 Å². The molecule has 1 aromatic heterocycles. The number of nitrogens with one attached hydrogen (secondary N) is 1. The molecule has 0 aliphatic heterocycles. The van der Waals surface area contributed by atoms with E-state index in [0.717, 1.165) is 12.0 Å². The smallest absolute Gasteiger partial charge is 0.254 e. The highest BCUT2D eigenvalue weighted by Gasteiger charge is 2.21. The van der Waals surface area contributed by atoms with E-state index in [2.05, 4.69) is 15.3 Å². The van der Waals surface area contributed by atoms with Gasteiger partial charge >= 0.3 is 0 Å². The van der Waals surface area contributed by atoms with E-state index in [1.54, 1.807) is 24.3 Å². The molecule has 140 valence electrons. The maximum Gasteiger partial charge on any atom is 0.254 e. The average molecular weight is 376 g/mol. The summed E-state index contributed by atoms with van der Waals surface area (Å²) in [4.78, 5) is 20.5. The molecule has 2 aromatic rings. The van der Waals surface area contributed by atoms with Crippen LogP contribution < -0.4 is 5.32 Å². The van der Waals surface area contributed by atoms with E-state index < -0.39 is 10.0 Å². The number of nitrogens with zero attached hydrogens (tertiary/aromatic N) is 3. The van der Waals surface area contributed by atoms with Crippen LogP contribution in [0.2, 0.25) is 0 Å². The van der Waals surface area contributed by atoms with Crippen molar-refractivity contribution < 1.29 is 13.2 Å². The van der Waals surface area contributed by atoms with Crippen LogP contribution >= 0.6 is 0 Å².